The number of pyridine rings is 1. The summed E-state index contributed by atoms with van der Waals surface area (Å²) in [6.45, 7) is 2.65. The van der Waals surface area contributed by atoms with E-state index in [1.54, 1.807) is 11.9 Å². The highest BCUT2D eigenvalue weighted by Crippen LogP contribution is 2.23. The highest BCUT2D eigenvalue weighted by molar-refractivity contribution is 7.92. The van der Waals surface area contributed by atoms with Gasteiger partial charge in [-0.05, 0) is 36.8 Å². The van der Waals surface area contributed by atoms with Gasteiger partial charge in [0.15, 0.2) is 0 Å². The van der Waals surface area contributed by atoms with Crippen LogP contribution in [0.25, 0.3) is 0 Å². The predicted molar refractivity (Wildman–Crippen MR) is 96.6 cm³/mol. The minimum Gasteiger partial charge on any atom is -0.478 e. The van der Waals surface area contributed by atoms with Crippen molar-refractivity contribution in [2.45, 2.75) is 24.7 Å². The van der Waals surface area contributed by atoms with E-state index in [9.17, 15) is 22.7 Å². The molecule has 26 heavy (non-hydrogen) atoms. The molecule has 140 valence electrons. The van der Waals surface area contributed by atoms with E-state index in [1.807, 2.05) is 6.92 Å². The summed E-state index contributed by atoms with van der Waals surface area (Å²) in [5.41, 5.74) is -0.0951. The van der Waals surface area contributed by atoms with E-state index in [0.717, 1.165) is 37.1 Å². The fraction of sp³-hybridized carbons (Fsp3) is 0.294. The second-order valence-electron chi connectivity index (χ2n) is 5.73. The van der Waals surface area contributed by atoms with Gasteiger partial charge in [-0.3, -0.25) is 4.72 Å². The molecule has 2 rings (SSSR count). The maximum Gasteiger partial charge on any atom is 0.339 e. The molecule has 2 aromatic rings. The Bertz CT molecular complexity index is 885. The Labute approximate surface area is 151 Å². The number of carboxylic acids is 1. The molecule has 1 heterocycles. The van der Waals surface area contributed by atoms with Crippen molar-refractivity contribution in [2.75, 3.05) is 23.2 Å². The minimum absolute atomic E-state index is 0.0133. The molecule has 0 unspecified atom stereocenters. The van der Waals surface area contributed by atoms with Gasteiger partial charge in [0.25, 0.3) is 10.0 Å². The maximum absolute atomic E-state index is 13.0. The zero-order valence-corrected chi connectivity index (χ0v) is 15.3. The molecule has 0 amide bonds. The largest absolute Gasteiger partial charge is 0.478 e. The zero-order valence-electron chi connectivity index (χ0n) is 14.4. The van der Waals surface area contributed by atoms with Crippen LogP contribution in [0.3, 0.4) is 0 Å². The number of nitrogens with zero attached hydrogens (tertiary/aromatic N) is 2. The van der Waals surface area contributed by atoms with Gasteiger partial charge in [0.2, 0.25) is 0 Å². The first-order valence-electron chi connectivity index (χ1n) is 7.97. The fourth-order valence-electron chi connectivity index (χ4n) is 2.30. The Balaban J connectivity index is 2.31. The van der Waals surface area contributed by atoms with E-state index in [-0.39, 0.29) is 22.0 Å². The van der Waals surface area contributed by atoms with E-state index in [1.165, 1.54) is 12.3 Å². The third-order valence-electron chi connectivity index (χ3n) is 3.68. The lowest BCUT2D eigenvalue weighted by Gasteiger charge is -2.20. The number of rotatable bonds is 8. The molecule has 0 spiro atoms. The summed E-state index contributed by atoms with van der Waals surface area (Å²) in [4.78, 5) is 17.2. The number of anilines is 2. The van der Waals surface area contributed by atoms with E-state index >= 15 is 0 Å². The number of unbranched alkanes of at least 4 members (excludes halogenated alkanes) is 1. The standard InChI is InChI=1S/C17H20FN3O4S/c1-3-4-9-21(2)16-15(17(22)23)10-13(11-19-16)20-26(24,25)14-7-5-12(18)6-8-14/h5-8,10-11,20H,3-4,9H2,1-2H3,(H,22,23). The van der Waals surface area contributed by atoms with Crippen LogP contribution >= 0.6 is 0 Å². The summed E-state index contributed by atoms with van der Waals surface area (Å²) >= 11 is 0. The molecule has 0 radical (unpaired) electrons. The maximum atomic E-state index is 13.0. The molecule has 1 aromatic carbocycles. The number of carbonyl (C=O) groups is 1. The fourth-order valence-corrected chi connectivity index (χ4v) is 3.34. The molecule has 0 aliphatic heterocycles. The topological polar surface area (TPSA) is 99.6 Å². The quantitative estimate of drug-likeness (QED) is 0.729. The number of nitrogens with one attached hydrogen (secondary N) is 1. The van der Waals surface area contributed by atoms with Crippen molar-refractivity contribution in [1.29, 1.82) is 0 Å². The SMILES string of the molecule is CCCCN(C)c1ncc(NS(=O)(=O)c2ccc(F)cc2)cc1C(=O)O. The van der Waals surface area contributed by atoms with Crippen LogP contribution in [-0.4, -0.2) is 38.1 Å². The van der Waals surface area contributed by atoms with E-state index in [0.29, 0.717) is 6.54 Å². The van der Waals surface area contributed by atoms with Crippen molar-refractivity contribution >= 4 is 27.5 Å². The van der Waals surface area contributed by atoms with E-state index in [4.69, 9.17) is 0 Å². The van der Waals surface area contributed by atoms with Crippen LogP contribution in [0.15, 0.2) is 41.4 Å². The van der Waals surface area contributed by atoms with E-state index < -0.39 is 21.8 Å². The van der Waals surface area contributed by atoms with Gasteiger partial charge < -0.3 is 10.0 Å². The summed E-state index contributed by atoms with van der Waals surface area (Å²) in [5, 5.41) is 9.42. The van der Waals surface area contributed by atoms with Crippen LogP contribution in [0.1, 0.15) is 30.1 Å². The van der Waals surface area contributed by atoms with Crippen molar-refractivity contribution in [3.05, 3.63) is 47.9 Å². The average Bonchev–Trinajstić information content (AvgIpc) is 2.59. The van der Waals surface area contributed by atoms with Crippen LogP contribution < -0.4 is 9.62 Å². The van der Waals surface area contributed by atoms with Gasteiger partial charge in [-0.2, -0.15) is 0 Å². The Morgan fingerprint density at radius 1 is 1.31 bits per heavy atom. The molecule has 0 fully saturated rings. The highest BCUT2D eigenvalue weighted by Gasteiger charge is 2.19. The first-order chi connectivity index (χ1) is 12.2. The molecule has 2 N–H and O–H groups in total. The van der Waals surface area contributed by atoms with Gasteiger partial charge in [-0.15, -0.1) is 0 Å². The summed E-state index contributed by atoms with van der Waals surface area (Å²) in [7, 11) is -2.25. The Hall–Kier alpha value is -2.68. The molecule has 0 aliphatic carbocycles. The predicted octanol–water partition coefficient (Wildman–Crippen LogP) is 2.96. The number of carboxylic acid groups (broad SMARTS) is 1. The van der Waals surface area contributed by atoms with Crippen LogP contribution in [0.5, 0.6) is 0 Å². The monoisotopic (exact) mass is 381 g/mol. The number of hydrogen-bond donors (Lipinski definition) is 2. The second kappa shape index (κ2) is 8.13. The van der Waals surface area contributed by atoms with Crippen molar-refractivity contribution < 1.29 is 22.7 Å². The molecule has 9 heteroatoms. The summed E-state index contributed by atoms with van der Waals surface area (Å²) in [5.74, 6) is -1.51. The Kier molecular flexibility index (Phi) is 6.14. The normalized spacial score (nSPS) is 11.2. The lowest BCUT2D eigenvalue weighted by atomic mass is 10.2. The van der Waals surface area contributed by atoms with Crippen LogP contribution in [0.4, 0.5) is 15.9 Å². The summed E-state index contributed by atoms with van der Waals surface area (Å²) < 4.78 is 39.9. The number of aromatic nitrogens is 1. The zero-order chi connectivity index (χ0) is 19.3. The number of aromatic carboxylic acids is 1. The number of hydrogen-bond acceptors (Lipinski definition) is 5. The minimum atomic E-state index is -3.98. The first-order valence-corrected chi connectivity index (χ1v) is 9.45. The summed E-state index contributed by atoms with van der Waals surface area (Å²) in [6.07, 6.45) is 3.07. The molecule has 0 atom stereocenters. The smallest absolute Gasteiger partial charge is 0.339 e. The molecule has 0 bridgehead atoms. The van der Waals surface area contributed by atoms with Crippen molar-refractivity contribution in [2.24, 2.45) is 0 Å². The molecule has 0 aliphatic rings. The molecular weight excluding hydrogens is 361 g/mol. The lowest BCUT2D eigenvalue weighted by Crippen LogP contribution is -2.23. The number of benzene rings is 1. The van der Waals surface area contributed by atoms with Gasteiger partial charge in [-0.1, -0.05) is 13.3 Å². The lowest BCUT2D eigenvalue weighted by molar-refractivity contribution is 0.0697. The first kappa shape index (κ1) is 19.6. The second-order valence-corrected chi connectivity index (χ2v) is 7.42. The van der Waals surface area contributed by atoms with E-state index in [2.05, 4.69) is 9.71 Å². The molecular formula is C17H20FN3O4S. The van der Waals surface area contributed by atoms with Gasteiger partial charge in [0, 0.05) is 13.6 Å². The van der Waals surface area contributed by atoms with Crippen LogP contribution in [0.2, 0.25) is 0 Å². The third-order valence-corrected chi connectivity index (χ3v) is 5.08. The molecule has 7 nitrogen and oxygen atoms in total. The molecule has 0 saturated carbocycles. The number of halogens is 1. The Morgan fingerprint density at radius 2 is 1.96 bits per heavy atom. The highest BCUT2D eigenvalue weighted by atomic mass is 32.2. The van der Waals surface area contributed by atoms with Crippen LogP contribution in [-0.2, 0) is 10.0 Å². The molecule has 0 saturated heterocycles. The molecule has 1 aromatic heterocycles. The van der Waals surface area contributed by atoms with Gasteiger partial charge in [-0.25, -0.2) is 22.6 Å². The van der Waals surface area contributed by atoms with Gasteiger partial charge in [0.1, 0.15) is 17.2 Å². The third kappa shape index (κ3) is 4.69. The van der Waals surface area contributed by atoms with Crippen molar-refractivity contribution in [1.82, 2.24) is 4.98 Å². The Morgan fingerprint density at radius 3 is 2.54 bits per heavy atom. The van der Waals surface area contributed by atoms with Crippen molar-refractivity contribution in [3.8, 4) is 0 Å². The van der Waals surface area contributed by atoms with Crippen LogP contribution in [0, 0.1) is 5.82 Å². The van der Waals surface area contributed by atoms with Gasteiger partial charge >= 0.3 is 5.97 Å². The summed E-state index contributed by atoms with van der Waals surface area (Å²) in [6, 6.07) is 5.52. The van der Waals surface area contributed by atoms with Gasteiger partial charge in [0.05, 0.1) is 16.8 Å². The number of sulfonamides is 1. The average molecular weight is 381 g/mol. The van der Waals surface area contributed by atoms with Crippen molar-refractivity contribution in [3.63, 3.8) is 0 Å².